The van der Waals surface area contributed by atoms with E-state index in [1.807, 2.05) is 42.6 Å². The van der Waals surface area contributed by atoms with Gasteiger partial charge in [-0.3, -0.25) is 9.69 Å². The van der Waals surface area contributed by atoms with Gasteiger partial charge >= 0.3 is 0 Å². The smallest absolute Gasteiger partial charge is 0.224 e. The van der Waals surface area contributed by atoms with Crippen LogP contribution in [0.25, 0.3) is 10.9 Å². The van der Waals surface area contributed by atoms with Gasteiger partial charge in [-0.15, -0.1) is 0 Å². The zero-order valence-electron chi connectivity index (χ0n) is 14.9. The lowest BCUT2D eigenvalue weighted by atomic mass is 10.1. The number of amides is 1. The van der Waals surface area contributed by atoms with E-state index in [2.05, 4.69) is 15.2 Å². The second kappa shape index (κ2) is 7.79. The SMILES string of the molecule is O=C(Cc1c[nH]c2ccccc12)NC[C@@H](c1ccco1)N1CCCCC1. The van der Waals surface area contributed by atoms with E-state index in [0.717, 1.165) is 35.3 Å². The zero-order valence-corrected chi connectivity index (χ0v) is 14.9. The van der Waals surface area contributed by atoms with Crippen LogP contribution < -0.4 is 5.32 Å². The normalized spacial score (nSPS) is 16.6. The number of nitrogens with one attached hydrogen (secondary N) is 2. The first-order valence-electron chi connectivity index (χ1n) is 9.40. The Morgan fingerprint density at radius 1 is 1.15 bits per heavy atom. The Labute approximate surface area is 153 Å². The van der Waals surface area contributed by atoms with Gasteiger partial charge in [0.05, 0.1) is 18.7 Å². The molecule has 2 N–H and O–H groups in total. The number of carbonyl (C=O) groups is 1. The van der Waals surface area contributed by atoms with Crippen molar-refractivity contribution in [3.63, 3.8) is 0 Å². The molecule has 1 aromatic carbocycles. The van der Waals surface area contributed by atoms with Gasteiger partial charge in [0, 0.05) is 23.6 Å². The maximum absolute atomic E-state index is 12.5. The molecular weight excluding hydrogens is 326 g/mol. The lowest BCUT2D eigenvalue weighted by molar-refractivity contribution is -0.120. The van der Waals surface area contributed by atoms with Crippen molar-refractivity contribution in [2.24, 2.45) is 0 Å². The Morgan fingerprint density at radius 2 is 2.00 bits per heavy atom. The summed E-state index contributed by atoms with van der Waals surface area (Å²) in [7, 11) is 0. The highest BCUT2D eigenvalue weighted by Crippen LogP contribution is 2.24. The molecule has 0 bridgehead atoms. The summed E-state index contributed by atoms with van der Waals surface area (Å²) in [6.07, 6.45) is 7.73. The fourth-order valence-electron chi connectivity index (χ4n) is 3.84. The monoisotopic (exact) mass is 351 g/mol. The molecule has 1 aliphatic heterocycles. The molecule has 0 aliphatic carbocycles. The number of H-pyrrole nitrogens is 1. The van der Waals surface area contributed by atoms with Crippen molar-refractivity contribution in [3.8, 4) is 0 Å². The average molecular weight is 351 g/mol. The van der Waals surface area contributed by atoms with Crippen molar-refractivity contribution in [1.82, 2.24) is 15.2 Å². The molecule has 3 aromatic rings. The van der Waals surface area contributed by atoms with Gasteiger partial charge in [0.15, 0.2) is 0 Å². The number of benzene rings is 1. The second-order valence-electron chi connectivity index (χ2n) is 6.97. The molecular formula is C21H25N3O2. The van der Waals surface area contributed by atoms with Crippen LogP contribution in [0.5, 0.6) is 0 Å². The van der Waals surface area contributed by atoms with Gasteiger partial charge in [-0.2, -0.15) is 0 Å². The van der Waals surface area contributed by atoms with Crippen LogP contribution >= 0.6 is 0 Å². The number of aromatic nitrogens is 1. The topological polar surface area (TPSA) is 61.3 Å². The van der Waals surface area contributed by atoms with Crippen molar-refractivity contribution in [1.29, 1.82) is 0 Å². The fourth-order valence-corrected chi connectivity index (χ4v) is 3.84. The first-order chi connectivity index (χ1) is 12.8. The Hall–Kier alpha value is -2.53. The highest BCUT2D eigenvalue weighted by molar-refractivity contribution is 5.88. The van der Waals surface area contributed by atoms with E-state index in [0.29, 0.717) is 13.0 Å². The number of fused-ring (bicyclic) bond motifs is 1. The lowest BCUT2D eigenvalue weighted by Gasteiger charge is -2.33. The third-order valence-electron chi connectivity index (χ3n) is 5.22. The van der Waals surface area contributed by atoms with E-state index in [9.17, 15) is 4.79 Å². The summed E-state index contributed by atoms with van der Waals surface area (Å²) in [5.41, 5.74) is 2.10. The summed E-state index contributed by atoms with van der Waals surface area (Å²) in [4.78, 5) is 18.2. The molecule has 1 amide bonds. The van der Waals surface area contributed by atoms with Crippen molar-refractivity contribution in [2.75, 3.05) is 19.6 Å². The number of carbonyl (C=O) groups excluding carboxylic acids is 1. The number of nitrogens with zero attached hydrogens (tertiary/aromatic N) is 1. The maximum Gasteiger partial charge on any atom is 0.224 e. The standard InChI is InChI=1S/C21H25N3O2/c25-21(13-16-14-22-18-8-3-2-7-17(16)18)23-15-19(20-9-6-12-26-20)24-10-4-1-5-11-24/h2-3,6-9,12,14,19,22H,1,4-5,10-11,13,15H2,(H,23,25)/t19-/m0/s1. The molecule has 1 saturated heterocycles. The summed E-state index contributed by atoms with van der Waals surface area (Å²) in [5.74, 6) is 0.975. The first-order valence-corrected chi connectivity index (χ1v) is 9.40. The van der Waals surface area contributed by atoms with E-state index in [1.165, 1.54) is 19.3 Å². The molecule has 0 spiro atoms. The number of hydrogen-bond donors (Lipinski definition) is 2. The van der Waals surface area contributed by atoms with Gasteiger partial charge in [0.2, 0.25) is 5.91 Å². The number of para-hydroxylation sites is 1. The Balaban J connectivity index is 1.41. The van der Waals surface area contributed by atoms with Crippen LogP contribution in [0.1, 0.15) is 36.6 Å². The quantitative estimate of drug-likeness (QED) is 0.713. The minimum Gasteiger partial charge on any atom is -0.468 e. The average Bonchev–Trinajstić information content (AvgIpc) is 3.34. The van der Waals surface area contributed by atoms with E-state index >= 15 is 0 Å². The molecule has 1 fully saturated rings. The van der Waals surface area contributed by atoms with Crippen LogP contribution in [-0.2, 0) is 11.2 Å². The molecule has 0 saturated carbocycles. The highest BCUT2D eigenvalue weighted by Gasteiger charge is 2.25. The lowest BCUT2D eigenvalue weighted by Crippen LogP contribution is -2.40. The van der Waals surface area contributed by atoms with Gasteiger partial charge in [0.1, 0.15) is 5.76 Å². The van der Waals surface area contributed by atoms with Gasteiger partial charge < -0.3 is 14.7 Å². The van der Waals surface area contributed by atoms with Crippen LogP contribution in [0.4, 0.5) is 0 Å². The van der Waals surface area contributed by atoms with Gasteiger partial charge in [-0.25, -0.2) is 0 Å². The molecule has 1 atom stereocenters. The molecule has 0 radical (unpaired) electrons. The predicted molar refractivity (Wildman–Crippen MR) is 102 cm³/mol. The van der Waals surface area contributed by atoms with E-state index in [1.54, 1.807) is 6.26 Å². The molecule has 5 heteroatoms. The Kier molecular flexibility index (Phi) is 5.07. The third kappa shape index (κ3) is 3.68. The molecule has 2 aromatic heterocycles. The minimum absolute atomic E-state index is 0.0447. The van der Waals surface area contributed by atoms with Crippen LogP contribution in [0.15, 0.2) is 53.3 Å². The largest absolute Gasteiger partial charge is 0.468 e. The number of likely N-dealkylation sites (tertiary alicyclic amines) is 1. The van der Waals surface area contributed by atoms with Crippen molar-refractivity contribution in [2.45, 2.75) is 31.7 Å². The first kappa shape index (κ1) is 16.9. The van der Waals surface area contributed by atoms with E-state index in [4.69, 9.17) is 4.42 Å². The van der Waals surface area contributed by atoms with Crippen LogP contribution in [0, 0.1) is 0 Å². The number of rotatable bonds is 6. The van der Waals surface area contributed by atoms with Crippen LogP contribution in [0.3, 0.4) is 0 Å². The maximum atomic E-state index is 12.5. The summed E-state index contributed by atoms with van der Waals surface area (Å²) in [5, 5.41) is 4.23. The minimum atomic E-state index is 0.0447. The number of hydrogen-bond acceptors (Lipinski definition) is 3. The molecule has 26 heavy (non-hydrogen) atoms. The van der Waals surface area contributed by atoms with Gasteiger partial charge in [-0.05, 0) is 49.7 Å². The Bertz CT molecular complexity index is 847. The van der Waals surface area contributed by atoms with Gasteiger partial charge in [-0.1, -0.05) is 24.6 Å². The van der Waals surface area contributed by atoms with E-state index < -0.39 is 0 Å². The van der Waals surface area contributed by atoms with Crippen LogP contribution in [0.2, 0.25) is 0 Å². The summed E-state index contributed by atoms with van der Waals surface area (Å²) in [6, 6.07) is 12.1. The third-order valence-corrected chi connectivity index (χ3v) is 5.22. The fraction of sp³-hybridized carbons (Fsp3) is 0.381. The zero-order chi connectivity index (χ0) is 17.8. The van der Waals surface area contributed by atoms with Crippen molar-refractivity contribution >= 4 is 16.8 Å². The van der Waals surface area contributed by atoms with E-state index in [-0.39, 0.29) is 11.9 Å². The molecule has 3 heterocycles. The highest BCUT2D eigenvalue weighted by atomic mass is 16.3. The number of aromatic amines is 1. The molecule has 5 nitrogen and oxygen atoms in total. The van der Waals surface area contributed by atoms with Crippen LogP contribution in [-0.4, -0.2) is 35.4 Å². The van der Waals surface area contributed by atoms with Gasteiger partial charge in [0.25, 0.3) is 0 Å². The number of piperidine rings is 1. The van der Waals surface area contributed by atoms with Crippen molar-refractivity contribution < 1.29 is 9.21 Å². The number of furan rings is 1. The summed E-state index contributed by atoms with van der Waals surface area (Å²) >= 11 is 0. The molecule has 136 valence electrons. The summed E-state index contributed by atoms with van der Waals surface area (Å²) < 4.78 is 5.65. The van der Waals surface area contributed by atoms with Crippen molar-refractivity contribution in [3.05, 3.63) is 60.2 Å². The molecule has 4 rings (SSSR count). The predicted octanol–water partition coefficient (Wildman–Crippen LogP) is 3.65. The summed E-state index contributed by atoms with van der Waals surface area (Å²) in [6.45, 7) is 2.70. The second-order valence-corrected chi connectivity index (χ2v) is 6.97. The molecule has 1 aliphatic rings. The molecule has 0 unspecified atom stereocenters. The Morgan fingerprint density at radius 3 is 2.81 bits per heavy atom.